The van der Waals surface area contributed by atoms with Gasteiger partial charge in [0.2, 0.25) is 5.82 Å². The number of ether oxygens (including phenoxy) is 1. The SMILES string of the molecule is NCC#Cc1cc(F)cc(COc2cccc(F)c2F)c1. The van der Waals surface area contributed by atoms with Crippen LogP contribution in [0.2, 0.25) is 0 Å². The van der Waals surface area contributed by atoms with Crippen molar-refractivity contribution in [2.24, 2.45) is 5.73 Å². The Bertz CT molecular complexity index is 704. The van der Waals surface area contributed by atoms with E-state index in [1.807, 2.05) is 0 Å². The second-order valence-corrected chi connectivity index (χ2v) is 4.19. The van der Waals surface area contributed by atoms with Crippen molar-refractivity contribution < 1.29 is 17.9 Å². The first-order chi connectivity index (χ1) is 10.1. The third-order valence-electron chi connectivity index (χ3n) is 2.60. The molecule has 5 heteroatoms. The molecule has 0 aromatic heterocycles. The third-order valence-corrected chi connectivity index (χ3v) is 2.60. The van der Waals surface area contributed by atoms with E-state index in [0.29, 0.717) is 11.1 Å². The maximum Gasteiger partial charge on any atom is 0.200 e. The molecule has 2 rings (SSSR count). The van der Waals surface area contributed by atoms with Gasteiger partial charge in [-0.1, -0.05) is 17.9 Å². The predicted molar refractivity (Wildman–Crippen MR) is 73.0 cm³/mol. The minimum Gasteiger partial charge on any atom is -0.486 e. The molecule has 0 aliphatic rings. The predicted octanol–water partition coefficient (Wildman–Crippen LogP) is 2.99. The normalized spacial score (nSPS) is 9.90. The van der Waals surface area contributed by atoms with Crippen LogP contribution in [0.25, 0.3) is 0 Å². The topological polar surface area (TPSA) is 35.2 Å². The first kappa shape index (κ1) is 14.9. The van der Waals surface area contributed by atoms with E-state index in [4.69, 9.17) is 10.5 Å². The van der Waals surface area contributed by atoms with Gasteiger partial charge in [-0.05, 0) is 35.9 Å². The summed E-state index contributed by atoms with van der Waals surface area (Å²) < 4.78 is 45.0. The van der Waals surface area contributed by atoms with Crippen molar-refractivity contribution in [3.63, 3.8) is 0 Å². The van der Waals surface area contributed by atoms with Crippen molar-refractivity contribution in [3.05, 3.63) is 65.0 Å². The first-order valence-electron chi connectivity index (χ1n) is 6.15. The monoisotopic (exact) mass is 291 g/mol. The van der Waals surface area contributed by atoms with Crippen molar-refractivity contribution >= 4 is 0 Å². The van der Waals surface area contributed by atoms with Crippen LogP contribution in [0.15, 0.2) is 36.4 Å². The summed E-state index contributed by atoms with van der Waals surface area (Å²) in [6.07, 6.45) is 0. The number of hydrogen-bond acceptors (Lipinski definition) is 2. The zero-order chi connectivity index (χ0) is 15.2. The van der Waals surface area contributed by atoms with E-state index < -0.39 is 17.5 Å². The third kappa shape index (κ3) is 4.01. The summed E-state index contributed by atoms with van der Waals surface area (Å²) in [5, 5.41) is 0. The van der Waals surface area contributed by atoms with Gasteiger partial charge < -0.3 is 10.5 Å². The van der Waals surface area contributed by atoms with E-state index >= 15 is 0 Å². The average molecular weight is 291 g/mol. The molecule has 0 heterocycles. The molecule has 0 radical (unpaired) electrons. The minimum atomic E-state index is -1.07. The lowest BCUT2D eigenvalue weighted by atomic mass is 10.1. The Labute approximate surface area is 120 Å². The maximum absolute atomic E-state index is 13.4. The Morgan fingerprint density at radius 1 is 1.10 bits per heavy atom. The van der Waals surface area contributed by atoms with E-state index in [2.05, 4.69) is 11.8 Å². The van der Waals surface area contributed by atoms with Crippen molar-refractivity contribution in [1.29, 1.82) is 0 Å². The van der Waals surface area contributed by atoms with E-state index in [-0.39, 0.29) is 18.9 Å². The summed E-state index contributed by atoms with van der Waals surface area (Å²) in [4.78, 5) is 0. The fraction of sp³-hybridized carbons (Fsp3) is 0.125. The summed E-state index contributed by atoms with van der Waals surface area (Å²) in [6.45, 7) is 0.0618. The van der Waals surface area contributed by atoms with Gasteiger partial charge in [0.25, 0.3) is 0 Å². The largest absolute Gasteiger partial charge is 0.486 e. The Balaban J connectivity index is 2.16. The quantitative estimate of drug-likeness (QED) is 0.882. The van der Waals surface area contributed by atoms with Crippen LogP contribution in [0.5, 0.6) is 5.75 Å². The molecule has 2 nitrogen and oxygen atoms in total. The minimum absolute atomic E-state index is 0.102. The Kier molecular flexibility index (Phi) is 4.85. The van der Waals surface area contributed by atoms with E-state index in [1.165, 1.54) is 24.3 Å². The lowest BCUT2D eigenvalue weighted by molar-refractivity contribution is 0.284. The molecule has 0 bridgehead atoms. The van der Waals surface area contributed by atoms with Crippen LogP contribution in [0.4, 0.5) is 13.2 Å². The van der Waals surface area contributed by atoms with Gasteiger partial charge in [0, 0.05) is 5.56 Å². The number of nitrogens with two attached hydrogens (primary N) is 1. The highest BCUT2D eigenvalue weighted by Crippen LogP contribution is 2.20. The second kappa shape index (κ2) is 6.82. The molecule has 0 aliphatic carbocycles. The van der Waals surface area contributed by atoms with Gasteiger partial charge in [0.05, 0.1) is 6.54 Å². The Hall–Kier alpha value is -2.45. The summed E-state index contributed by atoms with van der Waals surface area (Å²) in [5.41, 5.74) is 6.15. The van der Waals surface area contributed by atoms with E-state index in [1.54, 1.807) is 6.07 Å². The standard InChI is InChI=1S/C16H12F3NO/c17-13-8-11(3-2-6-20)7-12(9-13)10-21-15-5-1-4-14(18)16(15)19/h1,4-5,7-9H,6,10,20H2. The number of benzene rings is 2. The fourth-order valence-electron chi connectivity index (χ4n) is 1.72. The zero-order valence-electron chi connectivity index (χ0n) is 11.0. The van der Waals surface area contributed by atoms with Gasteiger partial charge in [-0.2, -0.15) is 4.39 Å². The van der Waals surface area contributed by atoms with Gasteiger partial charge in [0.15, 0.2) is 11.6 Å². The molecule has 2 aromatic carbocycles. The van der Waals surface area contributed by atoms with Crippen LogP contribution in [0.3, 0.4) is 0 Å². The molecule has 0 fully saturated rings. The molecule has 0 amide bonds. The van der Waals surface area contributed by atoms with E-state index in [9.17, 15) is 13.2 Å². The van der Waals surface area contributed by atoms with Crippen molar-refractivity contribution in [2.75, 3.05) is 6.54 Å². The second-order valence-electron chi connectivity index (χ2n) is 4.19. The van der Waals surface area contributed by atoms with E-state index in [0.717, 1.165) is 6.07 Å². The van der Waals surface area contributed by atoms with Crippen LogP contribution in [-0.4, -0.2) is 6.54 Å². The van der Waals surface area contributed by atoms with Gasteiger partial charge >= 0.3 is 0 Å². The van der Waals surface area contributed by atoms with Crippen LogP contribution < -0.4 is 10.5 Å². The summed E-state index contributed by atoms with van der Waals surface area (Å²) in [5.74, 6) is 2.52. The highest BCUT2D eigenvalue weighted by atomic mass is 19.2. The first-order valence-corrected chi connectivity index (χ1v) is 6.15. The van der Waals surface area contributed by atoms with Gasteiger partial charge in [0.1, 0.15) is 12.4 Å². The number of halogens is 3. The molecule has 0 unspecified atom stereocenters. The lowest BCUT2D eigenvalue weighted by Crippen LogP contribution is -2.00. The van der Waals surface area contributed by atoms with Gasteiger partial charge in [-0.3, -0.25) is 0 Å². The zero-order valence-corrected chi connectivity index (χ0v) is 11.0. The van der Waals surface area contributed by atoms with Crippen LogP contribution in [0.1, 0.15) is 11.1 Å². The average Bonchev–Trinajstić information content (AvgIpc) is 2.46. The molecule has 0 atom stereocenters. The molecule has 2 N–H and O–H groups in total. The van der Waals surface area contributed by atoms with Crippen molar-refractivity contribution in [2.45, 2.75) is 6.61 Å². The molecular formula is C16H12F3NO. The summed E-state index contributed by atoms with van der Waals surface area (Å²) in [7, 11) is 0. The number of rotatable bonds is 3. The Morgan fingerprint density at radius 2 is 1.90 bits per heavy atom. The number of hydrogen-bond donors (Lipinski definition) is 1. The maximum atomic E-state index is 13.4. The van der Waals surface area contributed by atoms with Crippen LogP contribution in [-0.2, 0) is 6.61 Å². The molecule has 0 spiro atoms. The summed E-state index contributed by atoms with van der Waals surface area (Å²) >= 11 is 0. The smallest absolute Gasteiger partial charge is 0.200 e. The van der Waals surface area contributed by atoms with Crippen molar-refractivity contribution in [1.82, 2.24) is 0 Å². The summed E-state index contributed by atoms with van der Waals surface area (Å²) in [6, 6.07) is 7.72. The lowest BCUT2D eigenvalue weighted by Gasteiger charge is -2.08. The van der Waals surface area contributed by atoms with Crippen LogP contribution >= 0.6 is 0 Å². The van der Waals surface area contributed by atoms with Gasteiger partial charge in [-0.25, -0.2) is 8.78 Å². The molecule has 0 saturated carbocycles. The molecule has 108 valence electrons. The van der Waals surface area contributed by atoms with Gasteiger partial charge in [-0.15, -0.1) is 0 Å². The van der Waals surface area contributed by atoms with Crippen LogP contribution in [0, 0.1) is 29.3 Å². The highest BCUT2D eigenvalue weighted by molar-refractivity contribution is 5.38. The van der Waals surface area contributed by atoms with Crippen molar-refractivity contribution in [3.8, 4) is 17.6 Å². The molecule has 21 heavy (non-hydrogen) atoms. The molecule has 0 aliphatic heterocycles. The highest BCUT2D eigenvalue weighted by Gasteiger charge is 2.09. The molecule has 2 aromatic rings. The fourth-order valence-corrected chi connectivity index (χ4v) is 1.72. The Morgan fingerprint density at radius 3 is 2.67 bits per heavy atom. The molecule has 0 saturated heterocycles. The molecular weight excluding hydrogens is 279 g/mol.